The molecule has 12 atom stereocenters. The second-order valence-corrected chi connectivity index (χ2v) is 16.4. The minimum absolute atomic E-state index is 0.193. The van der Waals surface area contributed by atoms with Crippen molar-refractivity contribution >= 4 is 11.8 Å². The molecule has 3 saturated carbocycles. The molecule has 0 aromatic rings. The zero-order chi connectivity index (χ0) is 28.8. The number of aliphatic carboxylic acids is 1. The summed E-state index contributed by atoms with van der Waals surface area (Å²) in [4.78, 5) is 23.7. The van der Waals surface area contributed by atoms with Crippen LogP contribution in [-0.2, 0) is 19.1 Å². The van der Waals surface area contributed by atoms with Crippen molar-refractivity contribution in [3.63, 3.8) is 0 Å². The van der Waals surface area contributed by atoms with Gasteiger partial charge in [0.15, 0.2) is 0 Å². The van der Waals surface area contributed by atoms with Crippen LogP contribution in [0.5, 0.6) is 0 Å². The molecule has 40 heavy (non-hydrogen) atoms. The molecule has 4 aliphatic carbocycles. The van der Waals surface area contributed by atoms with Gasteiger partial charge in [0, 0.05) is 0 Å². The quantitative estimate of drug-likeness (QED) is 0.119. The molecule has 1 heterocycles. The molecule has 228 valence electrons. The van der Waals surface area contributed by atoms with Gasteiger partial charge in [-0.25, -0.2) is 0 Å². The number of hydrogen-bond acceptors (Lipinski definition) is 7. The summed E-state index contributed by atoms with van der Waals surface area (Å²) in [7, 11) is 0. The van der Waals surface area contributed by atoms with E-state index >= 15 is 0 Å². The van der Waals surface area contributed by atoms with Crippen molar-refractivity contribution in [1.82, 2.24) is 0 Å². The third kappa shape index (κ3) is 5.56. The fraction of sp³-hybridized carbons (Fsp3) is 0.871. The molecule has 0 bridgehead atoms. The summed E-state index contributed by atoms with van der Waals surface area (Å²) in [6, 6.07) is 0. The number of aliphatic hydroxyl groups is 3. The number of fused-ring (bicyclic) bond motifs is 5. The molecule has 0 radical (unpaired) electrons. The van der Waals surface area contributed by atoms with Crippen LogP contribution in [0.3, 0.4) is 0 Å². The van der Waals surface area contributed by atoms with Gasteiger partial charge in [-0.15, -0.1) is 0 Å². The second kappa shape index (κ2) is 12.2. The van der Waals surface area contributed by atoms with E-state index in [1.807, 2.05) is 0 Å². The molecule has 1 saturated heterocycles. The van der Waals surface area contributed by atoms with Crippen molar-refractivity contribution in [3.05, 3.63) is 11.6 Å². The summed E-state index contributed by atoms with van der Waals surface area (Å²) < 4.78 is 13.5. The first-order valence-corrected chi connectivity index (χ1v) is 18.3. The number of ether oxygens (including phenoxy) is 2. The molecule has 1 aliphatic heterocycles. The van der Waals surface area contributed by atoms with Gasteiger partial charge in [-0.3, -0.25) is 4.79 Å². The fourth-order valence-electron chi connectivity index (χ4n) is 9.39. The topological polar surface area (TPSA) is 134 Å². The SMILES string of the molecule is CC(=O)[C@H]1CC[C@H]2[C@@H]3CC=C4C[C@@H](OC[I-]CCCC5O[C@H](C(=O)O)[C@@H](O)[C@H](O)[C@H]5O)CC[C@]4(C)[C@H]3CC[C@]12C. The number of alkyl halides is 2. The van der Waals surface area contributed by atoms with Crippen molar-refractivity contribution in [2.45, 2.75) is 122 Å². The van der Waals surface area contributed by atoms with Crippen LogP contribution in [0.15, 0.2) is 11.6 Å². The zero-order valence-corrected chi connectivity index (χ0v) is 26.3. The average molecular weight is 676 g/mol. The number of rotatable bonds is 9. The molecule has 0 aromatic carbocycles. The number of carbonyl (C=O) groups is 2. The zero-order valence-electron chi connectivity index (χ0n) is 24.1. The van der Waals surface area contributed by atoms with Gasteiger partial charge in [-0.1, -0.05) is 0 Å². The van der Waals surface area contributed by atoms with Gasteiger partial charge in [-0.05, 0) is 6.92 Å². The molecule has 4 fully saturated rings. The van der Waals surface area contributed by atoms with Crippen LogP contribution >= 0.6 is 0 Å². The van der Waals surface area contributed by atoms with Crippen LogP contribution in [0.2, 0.25) is 0 Å². The summed E-state index contributed by atoms with van der Waals surface area (Å²) >= 11 is -0.194. The van der Waals surface area contributed by atoms with Crippen molar-refractivity contribution in [2.24, 2.45) is 34.5 Å². The Morgan fingerprint density at radius 2 is 1.82 bits per heavy atom. The van der Waals surface area contributed by atoms with E-state index in [-0.39, 0.29) is 44.1 Å². The Balaban J connectivity index is 1.07. The van der Waals surface area contributed by atoms with Crippen molar-refractivity contribution in [3.8, 4) is 0 Å². The first-order chi connectivity index (χ1) is 19.0. The maximum atomic E-state index is 12.4. The Morgan fingerprint density at radius 1 is 1.05 bits per heavy atom. The van der Waals surface area contributed by atoms with E-state index in [4.69, 9.17) is 9.47 Å². The summed E-state index contributed by atoms with van der Waals surface area (Å²) in [6.07, 6.45) is 6.45. The Bertz CT molecular complexity index is 986. The average Bonchev–Trinajstić information content (AvgIpc) is 3.27. The Labute approximate surface area is 248 Å². The summed E-state index contributed by atoms with van der Waals surface area (Å²) in [6.45, 7) is 6.72. The molecule has 0 spiro atoms. The van der Waals surface area contributed by atoms with Gasteiger partial charge in [0.25, 0.3) is 0 Å². The van der Waals surface area contributed by atoms with Gasteiger partial charge in [0.1, 0.15) is 0 Å². The third-order valence-electron chi connectivity index (χ3n) is 11.6. The van der Waals surface area contributed by atoms with E-state index in [1.165, 1.54) is 25.7 Å². The van der Waals surface area contributed by atoms with E-state index in [0.29, 0.717) is 24.0 Å². The van der Waals surface area contributed by atoms with Crippen LogP contribution < -0.4 is 21.2 Å². The number of Topliss-reactive ketones (excluding diaryl/α,β-unsaturated/α-hetero) is 1. The van der Waals surface area contributed by atoms with Gasteiger partial charge < -0.3 is 0 Å². The Morgan fingerprint density at radius 3 is 2.55 bits per heavy atom. The van der Waals surface area contributed by atoms with Crippen LogP contribution in [-0.4, -0.2) is 77.8 Å². The Kier molecular flexibility index (Phi) is 9.40. The van der Waals surface area contributed by atoms with Crippen LogP contribution in [0.1, 0.15) is 85.0 Å². The number of halogens is 1. The number of aliphatic hydroxyl groups excluding tert-OH is 3. The van der Waals surface area contributed by atoms with Crippen LogP contribution in [0, 0.1) is 34.5 Å². The van der Waals surface area contributed by atoms with E-state index in [1.54, 1.807) is 12.5 Å². The standard InChI is InChI=1S/C31H48IO8/c1-17(33)21-8-9-22-20-7-6-18-15-19(10-12-30(18,2)23(20)11-13-31(21,22)3)39-16-32-14-4-5-24-25(34)26(35)27(36)28(40-24)29(37)38/h6,19-28,34-36H,4-5,7-16H2,1-3H3,(H,37,38)/q-1/t19-,20-,21+,22-,23-,24?,25-,26+,27-,28-,30-,31+/m0/s1. The molecule has 1 unspecified atom stereocenters. The maximum absolute atomic E-state index is 12.4. The van der Waals surface area contributed by atoms with Crippen molar-refractivity contribution < 1.29 is 60.7 Å². The normalized spacial score (nSPS) is 46.7. The number of carboxylic acids is 1. The van der Waals surface area contributed by atoms with E-state index < -0.39 is 36.5 Å². The summed E-state index contributed by atoms with van der Waals surface area (Å²) in [5.41, 5.74) is 2.06. The minimum atomic E-state index is -1.63. The number of hydrogen-bond donors (Lipinski definition) is 4. The van der Waals surface area contributed by atoms with Crippen molar-refractivity contribution in [2.75, 3.05) is 9.04 Å². The van der Waals surface area contributed by atoms with E-state index in [0.717, 1.165) is 47.1 Å². The molecule has 0 aromatic heterocycles. The summed E-state index contributed by atoms with van der Waals surface area (Å²) in [5.74, 6) is 1.43. The second-order valence-electron chi connectivity index (χ2n) is 13.6. The number of allylic oxidation sites excluding steroid dienone is 1. The predicted molar refractivity (Wildman–Crippen MR) is 144 cm³/mol. The molecular formula is C31H48IO8-. The number of carbonyl (C=O) groups excluding carboxylic acids is 1. The first-order valence-electron chi connectivity index (χ1n) is 15.2. The number of ketones is 1. The molecule has 8 nitrogen and oxygen atoms in total. The molecule has 9 heteroatoms. The van der Waals surface area contributed by atoms with Crippen LogP contribution in [0.4, 0.5) is 0 Å². The fourth-order valence-corrected chi connectivity index (χ4v) is 11.4. The molecule has 5 aliphatic rings. The number of carboxylic acid groups (broad SMARTS) is 1. The summed E-state index contributed by atoms with van der Waals surface area (Å²) in [5, 5.41) is 39.2. The third-order valence-corrected chi connectivity index (χ3v) is 14.0. The first kappa shape index (κ1) is 30.9. The molecule has 4 N–H and O–H groups in total. The van der Waals surface area contributed by atoms with Crippen molar-refractivity contribution in [1.29, 1.82) is 0 Å². The molecule has 5 rings (SSSR count). The van der Waals surface area contributed by atoms with Crippen LogP contribution in [0.25, 0.3) is 0 Å². The molecular weight excluding hydrogens is 627 g/mol. The van der Waals surface area contributed by atoms with Gasteiger partial charge in [0.2, 0.25) is 0 Å². The van der Waals surface area contributed by atoms with Gasteiger partial charge >= 0.3 is 238 Å². The molecule has 0 amide bonds. The van der Waals surface area contributed by atoms with E-state index in [9.17, 15) is 30.0 Å². The van der Waals surface area contributed by atoms with E-state index in [2.05, 4.69) is 19.9 Å². The van der Waals surface area contributed by atoms with Gasteiger partial charge in [0.05, 0.1) is 0 Å². The Hall–Kier alpha value is -0.590. The monoisotopic (exact) mass is 675 g/mol. The predicted octanol–water partition coefficient (Wildman–Crippen LogP) is 0.301. The van der Waals surface area contributed by atoms with Gasteiger partial charge in [-0.2, -0.15) is 0 Å².